The van der Waals surface area contributed by atoms with Crippen molar-refractivity contribution in [3.05, 3.63) is 59.6 Å². The third-order valence-electron chi connectivity index (χ3n) is 3.89. The van der Waals surface area contributed by atoms with Gasteiger partial charge in [0.05, 0.1) is 18.8 Å². The van der Waals surface area contributed by atoms with Gasteiger partial charge in [-0.1, -0.05) is 6.07 Å². The van der Waals surface area contributed by atoms with Crippen LogP contribution in [-0.4, -0.2) is 17.5 Å². The molecule has 1 heterocycles. The van der Waals surface area contributed by atoms with Crippen LogP contribution >= 0.6 is 0 Å². The zero-order chi connectivity index (χ0) is 14.8. The fourth-order valence-electron chi connectivity index (χ4n) is 2.73. The summed E-state index contributed by atoms with van der Waals surface area (Å²) < 4.78 is 33.5. The maximum atomic E-state index is 14.1. The topological polar surface area (TPSA) is 42.4 Å². The zero-order valence-electron chi connectivity index (χ0n) is 11.6. The van der Waals surface area contributed by atoms with Crippen molar-refractivity contribution in [2.24, 2.45) is 5.73 Å². The van der Waals surface area contributed by atoms with Gasteiger partial charge >= 0.3 is 0 Å². The molecule has 3 nitrogen and oxygen atoms in total. The molecule has 0 bridgehead atoms. The average molecular weight is 292 g/mol. The van der Waals surface area contributed by atoms with Gasteiger partial charge in [-0.2, -0.15) is 0 Å². The molecule has 1 saturated carbocycles. The van der Waals surface area contributed by atoms with E-state index in [0.29, 0.717) is 12.6 Å². The minimum absolute atomic E-state index is 0.0541. The second-order valence-electron chi connectivity index (χ2n) is 5.37. The normalized spacial score (nSPS) is 16.4. The molecule has 0 spiro atoms. The first-order chi connectivity index (χ1) is 10.2. The molecule has 1 aliphatic rings. The molecule has 2 aromatic rings. The van der Waals surface area contributed by atoms with Gasteiger partial charge in [-0.3, -0.25) is 4.90 Å². The monoisotopic (exact) mass is 292 g/mol. The molecular weight excluding hydrogens is 274 g/mol. The summed E-state index contributed by atoms with van der Waals surface area (Å²) in [5.74, 6) is -0.316. The lowest BCUT2D eigenvalue weighted by molar-refractivity contribution is 0.161. The SMILES string of the molecule is NCC(c1c(F)cccc1F)N(Cc1ccco1)C1CC1. The second-order valence-corrected chi connectivity index (χ2v) is 5.37. The maximum Gasteiger partial charge on any atom is 0.130 e. The third kappa shape index (κ3) is 2.99. The Hall–Kier alpha value is -1.72. The van der Waals surface area contributed by atoms with Crippen LogP contribution in [0.5, 0.6) is 0 Å². The Kier molecular flexibility index (Phi) is 4.03. The van der Waals surface area contributed by atoms with Gasteiger partial charge in [0.2, 0.25) is 0 Å². The molecule has 0 aliphatic heterocycles. The van der Waals surface area contributed by atoms with E-state index in [2.05, 4.69) is 0 Å². The highest BCUT2D eigenvalue weighted by molar-refractivity contribution is 5.24. The number of nitrogens with two attached hydrogens (primary N) is 1. The molecule has 1 aromatic heterocycles. The van der Waals surface area contributed by atoms with Gasteiger partial charge in [0, 0.05) is 18.2 Å². The first kappa shape index (κ1) is 14.2. The Morgan fingerprint density at radius 3 is 2.43 bits per heavy atom. The van der Waals surface area contributed by atoms with Crippen LogP contribution in [0, 0.1) is 11.6 Å². The fourth-order valence-corrected chi connectivity index (χ4v) is 2.73. The average Bonchev–Trinajstić information content (AvgIpc) is 3.18. The van der Waals surface area contributed by atoms with Crippen molar-refractivity contribution in [3.8, 4) is 0 Å². The van der Waals surface area contributed by atoms with Gasteiger partial charge < -0.3 is 10.2 Å². The van der Waals surface area contributed by atoms with Crippen LogP contribution < -0.4 is 5.73 Å². The van der Waals surface area contributed by atoms with E-state index in [1.807, 2.05) is 17.0 Å². The summed E-state index contributed by atoms with van der Waals surface area (Å²) in [5, 5.41) is 0. The summed E-state index contributed by atoms with van der Waals surface area (Å²) in [6.45, 7) is 0.669. The Morgan fingerprint density at radius 2 is 1.90 bits per heavy atom. The van der Waals surface area contributed by atoms with E-state index in [4.69, 9.17) is 10.2 Å². The van der Waals surface area contributed by atoms with E-state index in [0.717, 1.165) is 18.6 Å². The standard InChI is InChI=1S/C16H18F2N2O/c17-13-4-1-5-14(18)16(13)15(9-19)20(11-6-7-11)10-12-3-2-8-21-12/h1-5,8,11,15H,6-7,9-10,19H2. The predicted molar refractivity (Wildman–Crippen MR) is 75.4 cm³/mol. The molecule has 0 amide bonds. The number of rotatable bonds is 6. The predicted octanol–water partition coefficient (Wildman–Crippen LogP) is 3.22. The van der Waals surface area contributed by atoms with Gasteiger partial charge in [-0.25, -0.2) is 8.78 Å². The van der Waals surface area contributed by atoms with E-state index >= 15 is 0 Å². The van der Waals surface area contributed by atoms with Crippen molar-refractivity contribution >= 4 is 0 Å². The summed E-state index contributed by atoms with van der Waals surface area (Å²) in [5.41, 5.74) is 5.89. The Balaban J connectivity index is 1.92. The smallest absolute Gasteiger partial charge is 0.130 e. The van der Waals surface area contributed by atoms with Gasteiger partial charge in [0.1, 0.15) is 17.4 Å². The number of benzene rings is 1. The van der Waals surface area contributed by atoms with Crippen molar-refractivity contribution in [2.45, 2.75) is 31.5 Å². The van der Waals surface area contributed by atoms with Gasteiger partial charge in [-0.15, -0.1) is 0 Å². The first-order valence-corrected chi connectivity index (χ1v) is 7.12. The van der Waals surface area contributed by atoms with Crippen LogP contribution in [-0.2, 0) is 6.54 Å². The summed E-state index contributed by atoms with van der Waals surface area (Å²) in [6, 6.07) is 7.42. The molecule has 112 valence electrons. The number of hydrogen-bond donors (Lipinski definition) is 1. The third-order valence-corrected chi connectivity index (χ3v) is 3.89. The minimum Gasteiger partial charge on any atom is -0.468 e. The van der Waals surface area contributed by atoms with Crippen LogP contribution in [0.15, 0.2) is 41.0 Å². The maximum absolute atomic E-state index is 14.1. The van der Waals surface area contributed by atoms with Crippen molar-refractivity contribution in [1.82, 2.24) is 4.90 Å². The molecule has 0 saturated heterocycles. The molecule has 1 atom stereocenters. The highest BCUT2D eigenvalue weighted by Crippen LogP contribution is 2.37. The molecule has 3 rings (SSSR count). The second kappa shape index (κ2) is 5.95. The van der Waals surface area contributed by atoms with Gasteiger partial charge in [0.25, 0.3) is 0 Å². The van der Waals surface area contributed by atoms with Crippen molar-refractivity contribution in [2.75, 3.05) is 6.54 Å². The van der Waals surface area contributed by atoms with Crippen LogP contribution in [0.3, 0.4) is 0 Å². The molecule has 1 fully saturated rings. The lowest BCUT2D eigenvalue weighted by Gasteiger charge is -2.31. The minimum atomic E-state index is -0.546. The molecule has 0 radical (unpaired) electrons. The lowest BCUT2D eigenvalue weighted by Crippen LogP contribution is -2.36. The quantitative estimate of drug-likeness (QED) is 0.889. The molecule has 1 aromatic carbocycles. The number of furan rings is 1. The van der Waals surface area contributed by atoms with Gasteiger partial charge in [-0.05, 0) is 37.1 Å². The molecule has 1 aliphatic carbocycles. The number of hydrogen-bond acceptors (Lipinski definition) is 3. The van der Waals surface area contributed by atoms with Crippen LogP contribution in [0.1, 0.15) is 30.2 Å². The molecular formula is C16H18F2N2O. The summed E-state index contributed by atoms with van der Waals surface area (Å²) in [7, 11) is 0. The summed E-state index contributed by atoms with van der Waals surface area (Å²) >= 11 is 0. The van der Waals surface area contributed by atoms with Crippen molar-refractivity contribution < 1.29 is 13.2 Å². The van der Waals surface area contributed by atoms with E-state index in [1.165, 1.54) is 18.2 Å². The van der Waals surface area contributed by atoms with Crippen LogP contribution in [0.4, 0.5) is 8.78 Å². The first-order valence-electron chi connectivity index (χ1n) is 7.12. The molecule has 5 heteroatoms. The van der Waals surface area contributed by atoms with E-state index in [9.17, 15) is 8.78 Å². The van der Waals surface area contributed by atoms with Crippen molar-refractivity contribution in [1.29, 1.82) is 0 Å². The molecule has 21 heavy (non-hydrogen) atoms. The van der Waals surface area contributed by atoms with Crippen LogP contribution in [0.25, 0.3) is 0 Å². The molecule has 1 unspecified atom stereocenters. The highest BCUT2D eigenvalue weighted by atomic mass is 19.1. The number of halogens is 2. The van der Waals surface area contributed by atoms with E-state index in [1.54, 1.807) is 6.26 Å². The highest BCUT2D eigenvalue weighted by Gasteiger charge is 2.36. The van der Waals surface area contributed by atoms with Crippen LogP contribution in [0.2, 0.25) is 0 Å². The largest absolute Gasteiger partial charge is 0.468 e. The lowest BCUT2D eigenvalue weighted by atomic mass is 10.0. The molecule has 2 N–H and O–H groups in total. The Morgan fingerprint density at radius 1 is 1.19 bits per heavy atom. The fraction of sp³-hybridized carbons (Fsp3) is 0.375. The Bertz CT molecular complexity index is 576. The van der Waals surface area contributed by atoms with E-state index < -0.39 is 17.7 Å². The summed E-state index contributed by atoms with van der Waals surface area (Å²) in [6.07, 6.45) is 3.64. The van der Waals surface area contributed by atoms with E-state index in [-0.39, 0.29) is 12.1 Å². The Labute approximate surface area is 122 Å². The van der Waals surface area contributed by atoms with Gasteiger partial charge in [0.15, 0.2) is 0 Å². The number of nitrogens with zero attached hydrogens (tertiary/aromatic N) is 1. The van der Waals surface area contributed by atoms with Crippen molar-refractivity contribution in [3.63, 3.8) is 0 Å². The zero-order valence-corrected chi connectivity index (χ0v) is 11.6. The summed E-state index contributed by atoms with van der Waals surface area (Å²) in [4.78, 5) is 2.04.